The van der Waals surface area contributed by atoms with Gasteiger partial charge in [0.1, 0.15) is 10.7 Å². The average Bonchev–Trinajstić information content (AvgIpc) is 2.38. The van der Waals surface area contributed by atoms with Gasteiger partial charge in [-0.25, -0.2) is 0 Å². The van der Waals surface area contributed by atoms with Gasteiger partial charge in [-0.05, 0) is 30.9 Å². The van der Waals surface area contributed by atoms with E-state index >= 15 is 0 Å². The Kier molecular flexibility index (Phi) is 3.82. The van der Waals surface area contributed by atoms with Crippen LogP contribution in [0.5, 0.6) is 5.75 Å². The van der Waals surface area contributed by atoms with Crippen molar-refractivity contribution in [2.45, 2.75) is 26.4 Å². The van der Waals surface area contributed by atoms with Gasteiger partial charge in [0, 0.05) is 10.9 Å². The third-order valence-corrected chi connectivity index (χ3v) is 3.27. The Morgan fingerprint density at radius 2 is 1.89 bits per heavy atom. The van der Waals surface area contributed by atoms with Crippen molar-refractivity contribution in [1.29, 1.82) is 0 Å². The summed E-state index contributed by atoms with van der Waals surface area (Å²) in [5, 5.41) is 2.11. The Hall–Kier alpha value is -1.61. The SMILES string of the molecule is CCC(C)Oc1ccc(C(N)=S)c2ccccc12. The summed E-state index contributed by atoms with van der Waals surface area (Å²) in [5.41, 5.74) is 6.65. The smallest absolute Gasteiger partial charge is 0.127 e. The Balaban J connectivity index is 2.57. The molecule has 0 saturated heterocycles. The zero-order chi connectivity index (χ0) is 13.1. The highest BCUT2D eigenvalue weighted by Crippen LogP contribution is 2.29. The second-order valence-electron chi connectivity index (χ2n) is 4.36. The molecule has 0 aliphatic heterocycles. The molecule has 0 bridgehead atoms. The summed E-state index contributed by atoms with van der Waals surface area (Å²) in [5.74, 6) is 0.889. The maximum absolute atomic E-state index is 5.93. The zero-order valence-corrected chi connectivity index (χ0v) is 11.5. The van der Waals surface area contributed by atoms with Crippen molar-refractivity contribution in [1.82, 2.24) is 0 Å². The molecule has 2 nitrogen and oxygen atoms in total. The lowest BCUT2D eigenvalue weighted by molar-refractivity contribution is 0.220. The fourth-order valence-corrected chi connectivity index (χ4v) is 2.07. The Bertz CT molecular complexity index is 580. The molecular weight excluding hydrogens is 242 g/mol. The van der Waals surface area contributed by atoms with Crippen molar-refractivity contribution < 1.29 is 4.74 Å². The molecule has 2 aromatic carbocycles. The minimum Gasteiger partial charge on any atom is -0.490 e. The first-order valence-electron chi connectivity index (χ1n) is 6.11. The minimum atomic E-state index is 0.198. The quantitative estimate of drug-likeness (QED) is 0.851. The summed E-state index contributed by atoms with van der Waals surface area (Å²) in [6, 6.07) is 11.9. The Labute approximate surface area is 113 Å². The van der Waals surface area contributed by atoms with Crippen molar-refractivity contribution in [3.8, 4) is 5.75 Å². The third kappa shape index (κ3) is 2.46. The standard InChI is InChI=1S/C15H17NOS/c1-3-10(2)17-14-9-8-13(15(16)18)11-6-4-5-7-12(11)14/h4-10H,3H2,1-2H3,(H2,16,18). The number of fused-ring (bicyclic) bond motifs is 1. The normalized spacial score (nSPS) is 12.3. The van der Waals surface area contributed by atoms with Crippen molar-refractivity contribution in [3.63, 3.8) is 0 Å². The van der Waals surface area contributed by atoms with Crippen LogP contribution in [0.3, 0.4) is 0 Å². The first kappa shape index (κ1) is 12.8. The van der Waals surface area contributed by atoms with Gasteiger partial charge in [-0.3, -0.25) is 0 Å². The number of ether oxygens (including phenoxy) is 1. The Morgan fingerprint density at radius 1 is 1.22 bits per heavy atom. The van der Waals surface area contributed by atoms with E-state index in [1.807, 2.05) is 36.4 Å². The molecule has 0 amide bonds. The lowest BCUT2D eigenvalue weighted by Gasteiger charge is -2.16. The summed E-state index contributed by atoms with van der Waals surface area (Å²) in [7, 11) is 0. The van der Waals surface area contributed by atoms with Crippen LogP contribution in [-0.2, 0) is 0 Å². The third-order valence-electron chi connectivity index (χ3n) is 3.05. The Morgan fingerprint density at radius 3 is 2.50 bits per heavy atom. The molecule has 1 unspecified atom stereocenters. The van der Waals surface area contributed by atoms with Gasteiger partial charge < -0.3 is 10.5 Å². The summed E-state index contributed by atoms with van der Waals surface area (Å²) in [6.07, 6.45) is 1.18. The summed E-state index contributed by atoms with van der Waals surface area (Å²) >= 11 is 5.08. The first-order chi connectivity index (χ1) is 8.63. The van der Waals surface area contributed by atoms with Crippen molar-refractivity contribution >= 4 is 28.0 Å². The van der Waals surface area contributed by atoms with Crippen molar-refractivity contribution in [3.05, 3.63) is 42.0 Å². The predicted molar refractivity (Wildman–Crippen MR) is 80.2 cm³/mol. The van der Waals surface area contributed by atoms with Gasteiger partial charge in [-0.15, -0.1) is 0 Å². The highest BCUT2D eigenvalue weighted by molar-refractivity contribution is 7.80. The van der Waals surface area contributed by atoms with E-state index in [9.17, 15) is 0 Å². The second-order valence-corrected chi connectivity index (χ2v) is 4.80. The molecule has 0 aliphatic carbocycles. The number of thiocarbonyl (C=S) groups is 1. The van der Waals surface area contributed by atoms with E-state index in [1.54, 1.807) is 0 Å². The van der Waals surface area contributed by atoms with Crippen LogP contribution in [-0.4, -0.2) is 11.1 Å². The van der Waals surface area contributed by atoms with E-state index in [-0.39, 0.29) is 6.10 Å². The van der Waals surface area contributed by atoms with Crippen LogP contribution in [0.25, 0.3) is 10.8 Å². The summed E-state index contributed by atoms with van der Waals surface area (Å²) in [6.45, 7) is 4.17. The highest BCUT2D eigenvalue weighted by atomic mass is 32.1. The van der Waals surface area contributed by atoms with Crippen LogP contribution in [0, 0.1) is 0 Å². The first-order valence-corrected chi connectivity index (χ1v) is 6.52. The van der Waals surface area contributed by atoms with E-state index in [1.165, 1.54) is 0 Å². The maximum Gasteiger partial charge on any atom is 0.127 e. The fraction of sp³-hybridized carbons (Fsp3) is 0.267. The summed E-state index contributed by atoms with van der Waals surface area (Å²) in [4.78, 5) is 0.418. The maximum atomic E-state index is 5.93. The van der Waals surface area contributed by atoms with Gasteiger partial charge in [0.25, 0.3) is 0 Å². The molecule has 1 atom stereocenters. The molecule has 0 aliphatic rings. The molecule has 0 aromatic heterocycles. The van der Waals surface area contributed by atoms with Gasteiger partial charge in [-0.2, -0.15) is 0 Å². The lowest BCUT2D eigenvalue weighted by Crippen LogP contribution is -2.12. The molecule has 2 N–H and O–H groups in total. The number of hydrogen-bond donors (Lipinski definition) is 1. The number of rotatable bonds is 4. The molecule has 2 rings (SSSR count). The van der Waals surface area contributed by atoms with Crippen LogP contribution < -0.4 is 10.5 Å². The number of hydrogen-bond acceptors (Lipinski definition) is 2. The molecule has 0 saturated carbocycles. The monoisotopic (exact) mass is 259 g/mol. The number of nitrogens with two attached hydrogens (primary N) is 1. The fourth-order valence-electron chi connectivity index (χ4n) is 1.89. The molecule has 0 radical (unpaired) electrons. The molecule has 94 valence electrons. The van der Waals surface area contributed by atoms with Gasteiger partial charge >= 0.3 is 0 Å². The van der Waals surface area contributed by atoms with E-state index in [4.69, 9.17) is 22.7 Å². The molecule has 0 heterocycles. The van der Waals surface area contributed by atoms with Crippen LogP contribution >= 0.6 is 12.2 Å². The molecule has 3 heteroatoms. The molecule has 0 fully saturated rings. The highest BCUT2D eigenvalue weighted by Gasteiger charge is 2.10. The van der Waals surface area contributed by atoms with Crippen molar-refractivity contribution in [2.24, 2.45) is 5.73 Å². The zero-order valence-electron chi connectivity index (χ0n) is 10.6. The average molecular weight is 259 g/mol. The van der Waals surface area contributed by atoms with Gasteiger partial charge in [-0.1, -0.05) is 43.4 Å². The van der Waals surface area contributed by atoms with Crippen LogP contribution in [0.15, 0.2) is 36.4 Å². The van der Waals surface area contributed by atoms with Crippen LogP contribution in [0.1, 0.15) is 25.8 Å². The van der Waals surface area contributed by atoms with Gasteiger partial charge in [0.2, 0.25) is 0 Å². The minimum absolute atomic E-state index is 0.198. The molecular formula is C15H17NOS. The van der Waals surface area contributed by atoms with Crippen LogP contribution in [0.4, 0.5) is 0 Å². The second kappa shape index (κ2) is 5.36. The van der Waals surface area contributed by atoms with Crippen molar-refractivity contribution in [2.75, 3.05) is 0 Å². The van der Waals surface area contributed by atoms with Crippen LogP contribution in [0.2, 0.25) is 0 Å². The predicted octanol–water partition coefficient (Wildman–Crippen LogP) is 3.65. The topological polar surface area (TPSA) is 35.2 Å². The molecule has 2 aromatic rings. The van der Waals surface area contributed by atoms with E-state index in [0.717, 1.165) is 28.5 Å². The lowest BCUT2D eigenvalue weighted by atomic mass is 10.0. The van der Waals surface area contributed by atoms with Gasteiger partial charge in [0.15, 0.2) is 0 Å². The number of benzene rings is 2. The van der Waals surface area contributed by atoms with Gasteiger partial charge in [0.05, 0.1) is 6.10 Å². The van der Waals surface area contributed by atoms with E-state index in [0.29, 0.717) is 4.99 Å². The largest absolute Gasteiger partial charge is 0.490 e. The van der Waals surface area contributed by atoms with E-state index < -0.39 is 0 Å². The molecule has 0 spiro atoms. The van der Waals surface area contributed by atoms with E-state index in [2.05, 4.69) is 13.8 Å². The molecule has 18 heavy (non-hydrogen) atoms. The summed E-state index contributed by atoms with van der Waals surface area (Å²) < 4.78 is 5.93.